The van der Waals surface area contributed by atoms with E-state index < -0.39 is 6.04 Å². The Morgan fingerprint density at radius 1 is 1.06 bits per heavy atom. The number of carbonyl (C=O) groups is 1. The summed E-state index contributed by atoms with van der Waals surface area (Å²) in [6, 6.07) is 19.3. The highest BCUT2D eigenvalue weighted by Gasteiger charge is 2.33. The number of allylic oxidation sites excluding steroid dienone is 1. The summed E-state index contributed by atoms with van der Waals surface area (Å²) >= 11 is 18.1. The SMILES string of the molecule is CC1=C(C(=O)Nc2ccc(Cl)cc2)[C@@H](c2cccc(OCc3ccc(Cl)c(Cl)c3)c2)n2ncnc2N1. The third-order valence-corrected chi connectivity index (χ3v) is 6.70. The number of ether oxygens (including phenoxy) is 1. The number of carbonyl (C=O) groups excluding carboxylic acids is 1. The van der Waals surface area contributed by atoms with E-state index >= 15 is 0 Å². The zero-order chi connectivity index (χ0) is 25.2. The molecule has 182 valence electrons. The molecule has 1 atom stereocenters. The molecule has 7 nitrogen and oxygen atoms in total. The van der Waals surface area contributed by atoms with Gasteiger partial charge >= 0.3 is 0 Å². The maximum absolute atomic E-state index is 13.5. The smallest absolute Gasteiger partial charge is 0.255 e. The van der Waals surface area contributed by atoms with Crippen LogP contribution in [-0.4, -0.2) is 20.7 Å². The van der Waals surface area contributed by atoms with Crippen molar-refractivity contribution in [2.45, 2.75) is 19.6 Å². The van der Waals surface area contributed by atoms with Crippen LogP contribution in [0.15, 0.2) is 84.3 Å². The molecule has 0 aliphatic carbocycles. The van der Waals surface area contributed by atoms with E-state index in [-0.39, 0.29) is 5.91 Å². The summed E-state index contributed by atoms with van der Waals surface area (Å²) in [4.78, 5) is 17.8. The van der Waals surface area contributed by atoms with Crippen molar-refractivity contribution in [2.75, 3.05) is 10.6 Å². The van der Waals surface area contributed by atoms with Crippen molar-refractivity contribution >= 4 is 52.3 Å². The van der Waals surface area contributed by atoms with E-state index in [4.69, 9.17) is 39.5 Å². The Balaban J connectivity index is 1.44. The number of halogens is 3. The van der Waals surface area contributed by atoms with Gasteiger partial charge in [-0.3, -0.25) is 4.79 Å². The summed E-state index contributed by atoms with van der Waals surface area (Å²) in [6.45, 7) is 2.15. The highest BCUT2D eigenvalue weighted by Crippen LogP contribution is 2.36. The highest BCUT2D eigenvalue weighted by molar-refractivity contribution is 6.42. The lowest BCUT2D eigenvalue weighted by Gasteiger charge is -2.29. The van der Waals surface area contributed by atoms with Crippen LogP contribution in [0.1, 0.15) is 24.1 Å². The number of nitrogens with one attached hydrogen (secondary N) is 2. The molecule has 0 fully saturated rings. The van der Waals surface area contributed by atoms with Crippen LogP contribution in [0.25, 0.3) is 0 Å². The maximum atomic E-state index is 13.5. The van der Waals surface area contributed by atoms with E-state index in [0.29, 0.717) is 50.3 Å². The largest absolute Gasteiger partial charge is 0.489 e. The van der Waals surface area contributed by atoms with Gasteiger partial charge in [-0.15, -0.1) is 0 Å². The van der Waals surface area contributed by atoms with Crippen LogP contribution >= 0.6 is 34.8 Å². The van der Waals surface area contributed by atoms with Crippen molar-refractivity contribution in [3.63, 3.8) is 0 Å². The molecule has 0 spiro atoms. The molecule has 4 aromatic rings. The average molecular weight is 541 g/mol. The quantitative estimate of drug-likeness (QED) is 0.283. The van der Waals surface area contributed by atoms with Crippen LogP contribution < -0.4 is 15.4 Å². The van der Waals surface area contributed by atoms with Gasteiger partial charge in [0.25, 0.3) is 5.91 Å². The van der Waals surface area contributed by atoms with Crippen LogP contribution in [0, 0.1) is 0 Å². The van der Waals surface area contributed by atoms with Crippen molar-refractivity contribution in [2.24, 2.45) is 0 Å². The van der Waals surface area contributed by atoms with Crippen molar-refractivity contribution in [3.8, 4) is 5.75 Å². The molecular weight excluding hydrogens is 521 g/mol. The number of hydrogen-bond acceptors (Lipinski definition) is 5. The van der Waals surface area contributed by atoms with Gasteiger partial charge in [-0.1, -0.05) is 53.0 Å². The minimum atomic E-state index is -0.524. The van der Waals surface area contributed by atoms with Gasteiger partial charge in [0.05, 0.1) is 15.6 Å². The summed E-state index contributed by atoms with van der Waals surface area (Å²) in [5.74, 6) is 0.909. The van der Waals surface area contributed by atoms with Gasteiger partial charge in [0.2, 0.25) is 5.95 Å². The van der Waals surface area contributed by atoms with Gasteiger partial charge in [-0.05, 0) is 66.6 Å². The van der Waals surface area contributed by atoms with E-state index in [9.17, 15) is 4.79 Å². The standard InChI is InChI=1S/C26H20Cl3N5O2/c1-15-23(25(35)33-19-8-6-18(27)7-9-19)24(34-26(32-15)30-14-31-34)17-3-2-4-20(12-17)36-13-16-5-10-21(28)22(29)11-16/h2-12,14,24H,13H2,1H3,(H,33,35)(H,30,31,32)/t24-/m1/s1. The fourth-order valence-corrected chi connectivity index (χ4v) is 4.44. The molecule has 1 aromatic heterocycles. The first-order valence-electron chi connectivity index (χ1n) is 11.0. The summed E-state index contributed by atoms with van der Waals surface area (Å²) in [6.07, 6.45) is 1.45. The van der Waals surface area contributed by atoms with Gasteiger partial charge in [0.15, 0.2) is 0 Å². The average Bonchev–Trinajstić information content (AvgIpc) is 3.33. The number of nitrogens with zero attached hydrogens (tertiary/aromatic N) is 3. The lowest BCUT2D eigenvalue weighted by Crippen LogP contribution is -2.31. The van der Waals surface area contributed by atoms with Gasteiger partial charge in [-0.25, -0.2) is 4.68 Å². The van der Waals surface area contributed by atoms with E-state index in [2.05, 4.69) is 20.7 Å². The number of aromatic nitrogens is 3. The molecular formula is C26H20Cl3N5O2. The second kappa shape index (κ2) is 10.2. The second-order valence-electron chi connectivity index (χ2n) is 8.17. The molecule has 0 saturated carbocycles. The van der Waals surface area contributed by atoms with Crippen LogP contribution in [0.3, 0.4) is 0 Å². The van der Waals surface area contributed by atoms with Gasteiger partial charge in [-0.2, -0.15) is 10.1 Å². The van der Waals surface area contributed by atoms with Crippen LogP contribution in [0.5, 0.6) is 5.75 Å². The second-order valence-corrected chi connectivity index (χ2v) is 9.42. The third kappa shape index (κ3) is 5.04. The molecule has 0 radical (unpaired) electrons. The van der Waals surface area contributed by atoms with E-state index in [1.165, 1.54) is 6.33 Å². The van der Waals surface area contributed by atoms with E-state index in [1.807, 2.05) is 37.3 Å². The number of anilines is 2. The minimum Gasteiger partial charge on any atom is -0.489 e. The van der Waals surface area contributed by atoms with Crippen LogP contribution in [0.4, 0.5) is 11.6 Å². The molecule has 1 aliphatic heterocycles. The molecule has 1 aliphatic rings. The summed E-state index contributed by atoms with van der Waals surface area (Å²) < 4.78 is 7.71. The summed E-state index contributed by atoms with van der Waals surface area (Å²) in [7, 11) is 0. The predicted octanol–water partition coefficient (Wildman–Crippen LogP) is 6.74. The summed E-state index contributed by atoms with van der Waals surface area (Å²) in [5.41, 5.74) is 3.51. The Labute approximate surface area is 222 Å². The Kier molecular flexibility index (Phi) is 6.87. The molecule has 2 N–H and O–H groups in total. The topological polar surface area (TPSA) is 81.1 Å². The van der Waals surface area contributed by atoms with Crippen LogP contribution in [0.2, 0.25) is 15.1 Å². The molecule has 10 heteroatoms. The van der Waals surface area contributed by atoms with Crippen molar-refractivity contribution in [3.05, 3.63) is 111 Å². The minimum absolute atomic E-state index is 0.268. The number of amides is 1. The molecule has 2 heterocycles. The fourth-order valence-electron chi connectivity index (χ4n) is 4.00. The Hall–Kier alpha value is -3.52. The fraction of sp³-hybridized carbons (Fsp3) is 0.115. The Bertz CT molecular complexity index is 1470. The van der Waals surface area contributed by atoms with Gasteiger partial charge < -0.3 is 15.4 Å². The lowest BCUT2D eigenvalue weighted by atomic mass is 9.95. The maximum Gasteiger partial charge on any atom is 0.255 e. The Morgan fingerprint density at radius 2 is 1.86 bits per heavy atom. The van der Waals surface area contributed by atoms with Crippen molar-refractivity contribution in [1.29, 1.82) is 0 Å². The number of fused-ring (bicyclic) bond motifs is 1. The molecule has 36 heavy (non-hydrogen) atoms. The van der Waals surface area contributed by atoms with Gasteiger partial charge in [0, 0.05) is 16.4 Å². The first-order valence-corrected chi connectivity index (χ1v) is 12.1. The first kappa shape index (κ1) is 24.2. The number of benzene rings is 3. The lowest BCUT2D eigenvalue weighted by molar-refractivity contribution is -0.113. The molecule has 5 rings (SSSR count). The highest BCUT2D eigenvalue weighted by atomic mass is 35.5. The molecule has 1 amide bonds. The third-order valence-electron chi connectivity index (χ3n) is 5.70. The zero-order valence-electron chi connectivity index (χ0n) is 19.0. The molecule has 0 bridgehead atoms. The van der Waals surface area contributed by atoms with Crippen molar-refractivity contribution < 1.29 is 9.53 Å². The number of rotatable bonds is 6. The normalized spacial score (nSPS) is 14.7. The monoisotopic (exact) mass is 539 g/mol. The molecule has 0 unspecified atom stereocenters. The molecule has 0 saturated heterocycles. The van der Waals surface area contributed by atoms with Crippen LogP contribution in [-0.2, 0) is 11.4 Å². The summed E-state index contributed by atoms with van der Waals surface area (Å²) in [5, 5.41) is 12.1. The molecule has 3 aromatic carbocycles. The predicted molar refractivity (Wildman–Crippen MR) is 142 cm³/mol. The Morgan fingerprint density at radius 3 is 2.64 bits per heavy atom. The van der Waals surface area contributed by atoms with Crippen molar-refractivity contribution in [1.82, 2.24) is 14.8 Å². The van der Waals surface area contributed by atoms with Gasteiger partial charge in [0.1, 0.15) is 24.7 Å². The first-order chi connectivity index (χ1) is 17.4. The zero-order valence-corrected chi connectivity index (χ0v) is 21.3. The number of hydrogen-bond donors (Lipinski definition) is 2. The van der Waals surface area contributed by atoms with E-state index in [1.54, 1.807) is 41.1 Å². The van der Waals surface area contributed by atoms with E-state index in [0.717, 1.165) is 11.1 Å².